The lowest BCUT2D eigenvalue weighted by atomic mass is 10.2. The van der Waals surface area contributed by atoms with Crippen LogP contribution in [0.1, 0.15) is 0 Å². The van der Waals surface area contributed by atoms with Gasteiger partial charge in [0, 0.05) is 50.2 Å². The Morgan fingerprint density at radius 2 is 1.94 bits per heavy atom. The Labute approximate surface area is 94.3 Å². The van der Waals surface area contributed by atoms with Gasteiger partial charge in [0.1, 0.15) is 5.82 Å². The zero-order chi connectivity index (χ0) is 10.8. The van der Waals surface area contributed by atoms with E-state index in [0.29, 0.717) is 0 Å². The molecule has 1 N–H and O–H groups in total. The van der Waals surface area contributed by atoms with Crippen molar-refractivity contribution in [2.24, 2.45) is 0 Å². The van der Waals surface area contributed by atoms with E-state index in [4.69, 9.17) is 0 Å². The molecule has 0 radical (unpaired) electrons. The summed E-state index contributed by atoms with van der Waals surface area (Å²) >= 11 is 0. The summed E-state index contributed by atoms with van der Waals surface area (Å²) < 4.78 is 0. The highest BCUT2D eigenvalue weighted by Gasteiger charge is 2.13. The molecule has 4 nitrogen and oxygen atoms in total. The van der Waals surface area contributed by atoms with Crippen molar-refractivity contribution in [2.45, 2.75) is 0 Å². The van der Waals surface area contributed by atoms with Crippen LogP contribution in [0.25, 0.3) is 10.8 Å². The number of hydrogen-bond donors (Lipinski definition) is 1. The fraction of sp³-hybridized carbons (Fsp3) is 0.333. The largest absolute Gasteiger partial charge is 0.354 e. The smallest absolute Gasteiger partial charge is 0.138 e. The summed E-state index contributed by atoms with van der Waals surface area (Å²) in [5, 5.41) is 5.70. The number of anilines is 1. The predicted octanol–water partition coefficient (Wildman–Crippen LogP) is 1.04. The van der Waals surface area contributed by atoms with Gasteiger partial charge in [-0.05, 0) is 17.5 Å². The minimum absolute atomic E-state index is 1.01. The summed E-state index contributed by atoms with van der Waals surface area (Å²) in [5.74, 6) is 1.06. The molecule has 0 amide bonds. The Hall–Kier alpha value is -1.68. The van der Waals surface area contributed by atoms with Gasteiger partial charge in [0.15, 0.2) is 0 Å². The van der Waals surface area contributed by atoms with Gasteiger partial charge in [-0.15, -0.1) is 0 Å². The number of nitrogens with one attached hydrogen (secondary N) is 1. The van der Waals surface area contributed by atoms with E-state index in [2.05, 4.69) is 20.2 Å². The van der Waals surface area contributed by atoms with E-state index in [9.17, 15) is 0 Å². The van der Waals surface area contributed by atoms with Crippen LogP contribution in [0.3, 0.4) is 0 Å². The lowest BCUT2D eigenvalue weighted by Crippen LogP contribution is -2.43. The van der Waals surface area contributed by atoms with Crippen LogP contribution in [0, 0.1) is 0 Å². The van der Waals surface area contributed by atoms with Crippen molar-refractivity contribution in [2.75, 3.05) is 31.1 Å². The molecule has 1 aliphatic rings. The van der Waals surface area contributed by atoms with Gasteiger partial charge in [-0.3, -0.25) is 4.98 Å². The molecule has 1 aliphatic heterocycles. The highest BCUT2D eigenvalue weighted by Crippen LogP contribution is 2.23. The standard InChI is InChI=1S/C12H14N4/c1-3-14-9-11-10(1)2-4-15-12(11)16-7-5-13-6-8-16/h1-4,9,13H,5-8H2. The molecule has 0 aliphatic carbocycles. The van der Waals surface area contributed by atoms with Gasteiger partial charge in [0.2, 0.25) is 0 Å². The second-order valence-electron chi connectivity index (χ2n) is 3.97. The third-order valence-corrected chi connectivity index (χ3v) is 2.96. The fourth-order valence-electron chi connectivity index (χ4n) is 2.12. The molecule has 3 rings (SSSR count). The van der Waals surface area contributed by atoms with Gasteiger partial charge in [-0.2, -0.15) is 0 Å². The van der Waals surface area contributed by atoms with Crippen molar-refractivity contribution in [3.8, 4) is 0 Å². The number of aromatic nitrogens is 2. The molecule has 0 bridgehead atoms. The van der Waals surface area contributed by atoms with E-state index in [1.807, 2.05) is 30.7 Å². The van der Waals surface area contributed by atoms with E-state index in [1.165, 1.54) is 5.39 Å². The molecule has 16 heavy (non-hydrogen) atoms. The second-order valence-corrected chi connectivity index (χ2v) is 3.97. The predicted molar refractivity (Wildman–Crippen MR) is 64.6 cm³/mol. The van der Waals surface area contributed by atoms with Crippen LogP contribution in [0.4, 0.5) is 5.82 Å². The van der Waals surface area contributed by atoms with Gasteiger partial charge in [0.25, 0.3) is 0 Å². The first kappa shape index (κ1) is 9.54. The molecule has 2 aromatic rings. The first-order valence-corrected chi connectivity index (χ1v) is 5.59. The highest BCUT2D eigenvalue weighted by atomic mass is 15.2. The maximum atomic E-state index is 4.49. The summed E-state index contributed by atoms with van der Waals surface area (Å²) in [7, 11) is 0. The Morgan fingerprint density at radius 3 is 2.81 bits per heavy atom. The van der Waals surface area contributed by atoms with E-state index in [-0.39, 0.29) is 0 Å². The molecule has 0 aromatic carbocycles. The van der Waals surface area contributed by atoms with E-state index >= 15 is 0 Å². The molecule has 0 atom stereocenters. The van der Waals surface area contributed by atoms with Crippen molar-refractivity contribution in [1.29, 1.82) is 0 Å². The lowest BCUT2D eigenvalue weighted by molar-refractivity contribution is 0.586. The van der Waals surface area contributed by atoms with Gasteiger partial charge < -0.3 is 10.2 Å². The van der Waals surface area contributed by atoms with E-state index < -0.39 is 0 Å². The van der Waals surface area contributed by atoms with Crippen LogP contribution in [0.15, 0.2) is 30.7 Å². The maximum absolute atomic E-state index is 4.49. The molecule has 0 spiro atoms. The van der Waals surface area contributed by atoms with Crippen LogP contribution < -0.4 is 10.2 Å². The SMILES string of the molecule is c1cc2ccnc(N3CCNCC3)c2cn1. The van der Waals surface area contributed by atoms with E-state index in [1.54, 1.807) is 0 Å². The van der Waals surface area contributed by atoms with Crippen molar-refractivity contribution >= 4 is 16.6 Å². The van der Waals surface area contributed by atoms with Crippen LogP contribution in [-0.2, 0) is 0 Å². The van der Waals surface area contributed by atoms with Gasteiger partial charge in [-0.1, -0.05) is 0 Å². The molecular weight excluding hydrogens is 200 g/mol. The number of nitrogens with zero attached hydrogens (tertiary/aromatic N) is 3. The molecule has 1 saturated heterocycles. The summed E-state index contributed by atoms with van der Waals surface area (Å²) in [6, 6.07) is 4.06. The molecule has 0 saturated carbocycles. The summed E-state index contributed by atoms with van der Waals surface area (Å²) in [4.78, 5) is 11.0. The van der Waals surface area contributed by atoms with Gasteiger partial charge >= 0.3 is 0 Å². The monoisotopic (exact) mass is 214 g/mol. The number of rotatable bonds is 1. The Morgan fingerprint density at radius 1 is 1.12 bits per heavy atom. The Balaban J connectivity index is 2.08. The summed E-state index contributed by atoms with van der Waals surface area (Å²) in [6.07, 6.45) is 5.60. The second kappa shape index (κ2) is 4.06. The van der Waals surface area contributed by atoms with E-state index in [0.717, 1.165) is 37.4 Å². The lowest BCUT2D eigenvalue weighted by Gasteiger charge is -2.29. The molecule has 4 heteroatoms. The average molecular weight is 214 g/mol. The fourth-order valence-corrected chi connectivity index (χ4v) is 2.12. The average Bonchev–Trinajstić information content (AvgIpc) is 2.39. The van der Waals surface area contributed by atoms with Crippen molar-refractivity contribution in [3.63, 3.8) is 0 Å². The normalized spacial score (nSPS) is 16.6. The van der Waals surface area contributed by atoms with Crippen LogP contribution >= 0.6 is 0 Å². The zero-order valence-electron chi connectivity index (χ0n) is 9.06. The van der Waals surface area contributed by atoms with Crippen molar-refractivity contribution in [3.05, 3.63) is 30.7 Å². The minimum Gasteiger partial charge on any atom is -0.354 e. The third-order valence-electron chi connectivity index (χ3n) is 2.96. The minimum atomic E-state index is 1.01. The Bertz CT molecular complexity index is 486. The summed E-state index contributed by atoms with van der Waals surface area (Å²) in [6.45, 7) is 4.08. The van der Waals surface area contributed by atoms with Crippen molar-refractivity contribution < 1.29 is 0 Å². The number of piperazine rings is 1. The summed E-state index contributed by atoms with van der Waals surface area (Å²) in [5.41, 5.74) is 0. The maximum Gasteiger partial charge on any atom is 0.138 e. The quantitative estimate of drug-likeness (QED) is 0.770. The van der Waals surface area contributed by atoms with Gasteiger partial charge in [-0.25, -0.2) is 4.98 Å². The van der Waals surface area contributed by atoms with Crippen molar-refractivity contribution in [1.82, 2.24) is 15.3 Å². The third kappa shape index (κ3) is 1.61. The molecule has 82 valence electrons. The van der Waals surface area contributed by atoms with Crippen LogP contribution in [0.5, 0.6) is 0 Å². The number of fused-ring (bicyclic) bond motifs is 1. The molecule has 1 fully saturated rings. The first-order chi connectivity index (χ1) is 7.95. The number of hydrogen-bond acceptors (Lipinski definition) is 4. The zero-order valence-corrected chi connectivity index (χ0v) is 9.06. The number of pyridine rings is 2. The molecular formula is C12H14N4. The van der Waals surface area contributed by atoms with Gasteiger partial charge in [0.05, 0.1) is 0 Å². The Kier molecular flexibility index (Phi) is 2.42. The molecule has 3 heterocycles. The van der Waals surface area contributed by atoms with Crippen LogP contribution in [-0.4, -0.2) is 36.1 Å². The molecule has 0 unspecified atom stereocenters. The van der Waals surface area contributed by atoms with Crippen LogP contribution in [0.2, 0.25) is 0 Å². The molecule has 2 aromatic heterocycles. The topological polar surface area (TPSA) is 41.1 Å². The highest BCUT2D eigenvalue weighted by molar-refractivity contribution is 5.91. The first-order valence-electron chi connectivity index (χ1n) is 5.59.